The average Bonchev–Trinajstić information content (AvgIpc) is 2.97. The first-order valence-electron chi connectivity index (χ1n) is 7.91. The minimum absolute atomic E-state index is 0.347. The van der Waals surface area contributed by atoms with Crippen LogP contribution in [0.1, 0.15) is 20.3 Å². The lowest BCUT2D eigenvalue weighted by Crippen LogP contribution is -2.38. The number of amides is 2. The molecule has 2 N–H and O–H groups in total. The molecule has 2 heterocycles. The molecular formula is C16H20ClN5OS. The highest BCUT2D eigenvalue weighted by Crippen LogP contribution is 2.30. The fraction of sp³-hybridized carbons (Fsp3) is 0.438. The molecule has 0 spiro atoms. The zero-order valence-corrected chi connectivity index (χ0v) is 15.2. The van der Waals surface area contributed by atoms with Gasteiger partial charge in [-0.05, 0) is 42.5 Å². The average molecular weight is 366 g/mol. The second kappa shape index (κ2) is 7.36. The van der Waals surface area contributed by atoms with Crippen molar-refractivity contribution in [2.75, 3.05) is 28.6 Å². The molecule has 1 fully saturated rings. The third-order valence-electron chi connectivity index (χ3n) is 3.88. The van der Waals surface area contributed by atoms with Crippen LogP contribution in [0.3, 0.4) is 0 Å². The molecule has 0 radical (unpaired) electrons. The fourth-order valence-electron chi connectivity index (χ4n) is 3.01. The largest absolute Gasteiger partial charge is 0.346 e. The summed E-state index contributed by atoms with van der Waals surface area (Å²) in [5.74, 6) is 1.28. The molecule has 0 unspecified atom stereocenters. The number of rotatable bonds is 3. The first-order valence-corrected chi connectivity index (χ1v) is 9.11. The van der Waals surface area contributed by atoms with Gasteiger partial charge < -0.3 is 10.2 Å². The highest BCUT2D eigenvalue weighted by atomic mass is 35.5. The number of hydrogen-bond acceptors (Lipinski definition) is 5. The molecule has 8 heteroatoms. The van der Waals surface area contributed by atoms with Gasteiger partial charge >= 0.3 is 6.03 Å². The van der Waals surface area contributed by atoms with Crippen molar-refractivity contribution in [2.45, 2.75) is 20.3 Å². The van der Waals surface area contributed by atoms with E-state index < -0.39 is 0 Å². The first kappa shape index (κ1) is 17.0. The summed E-state index contributed by atoms with van der Waals surface area (Å²) in [4.78, 5) is 14.3. The SMILES string of the molecule is C[C@@H]1C[C@@H](C)CN(c2nnc(NC(=O)Nc3ccc(Cl)cc3)s2)C1. The van der Waals surface area contributed by atoms with Crippen LogP contribution in [0, 0.1) is 11.8 Å². The van der Waals surface area contributed by atoms with Crippen molar-refractivity contribution in [1.82, 2.24) is 10.2 Å². The van der Waals surface area contributed by atoms with Gasteiger partial charge in [-0.2, -0.15) is 0 Å². The summed E-state index contributed by atoms with van der Waals surface area (Å²) >= 11 is 7.22. The van der Waals surface area contributed by atoms with Crippen LogP contribution in [-0.2, 0) is 0 Å². The molecule has 1 aromatic heterocycles. The monoisotopic (exact) mass is 365 g/mol. The number of aromatic nitrogens is 2. The van der Waals surface area contributed by atoms with Gasteiger partial charge in [-0.1, -0.05) is 36.8 Å². The molecule has 0 aliphatic carbocycles. The molecule has 2 amide bonds. The lowest BCUT2D eigenvalue weighted by molar-refractivity contribution is 0.262. The van der Waals surface area contributed by atoms with E-state index in [4.69, 9.17) is 11.6 Å². The molecule has 1 aliphatic heterocycles. The van der Waals surface area contributed by atoms with Crippen molar-refractivity contribution in [3.63, 3.8) is 0 Å². The summed E-state index contributed by atoms with van der Waals surface area (Å²) in [7, 11) is 0. The minimum Gasteiger partial charge on any atom is -0.346 e. The Morgan fingerprint density at radius 2 is 1.83 bits per heavy atom. The van der Waals surface area contributed by atoms with E-state index in [1.807, 2.05) is 0 Å². The van der Waals surface area contributed by atoms with E-state index >= 15 is 0 Å². The van der Waals surface area contributed by atoms with Gasteiger partial charge in [-0.25, -0.2) is 4.79 Å². The maximum atomic E-state index is 12.0. The standard InChI is InChI=1S/C16H20ClN5OS/c1-10-7-11(2)9-22(8-10)16-21-20-15(24-16)19-14(23)18-13-5-3-12(17)4-6-13/h3-6,10-11H,7-9H2,1-2H3,(H2,18,19,20,23)/t10-,11-/m1/s1. The highest BCUT2D eigenvalue weighted by Gasteiger charge is 2.24. The van der Waals surface area contributed by atoms with Crippen LogP contribution >= 0.6 is 22.9 Å². The van der Waals surface area contributed by atoms with Crippen LogP contribution < -0.4 is 15.5 Å². The number of nitrogens with one attached hydrogen (secondary N) is 2. The Morgan fingerprint density at radius 3 is 2.50 bits per heavy atom. The van der Waals surface area contributed by atoms with Crippen molar-refractivity contribution in [3.05, 3.63) is 29.3 Å². The van der Waals surface area contributed by atoms with Crippen molar-refractivity contribution >= 4 is 44.9 Å². The number of nitrogens with zero attached hydrogens (tertiary/aromatic N) is 3. The number of carbonyl (C=O) groups excluding carboxylic acids is 1. The van der Waals surface area contributed by atoms with Crippen molar-refractivity contribution in [3.8, 4) is 0 Å². The Morgan fingerprint density at radius 1 is 1.17 bits per heavy atom. The van der Waals surface area contributed by atoms with Gasteiger partial charge in [-0.3, -0.25) is 5.32 Å². The van der Waals surface area contributed by atoms with E-state index in [0.717, 1.165) is 18.2 Å². The molecule has 3 rings (SSSR count). The number of hydrogen-bond donors (Lipinski definition) is 2. The van der Waals surface area contributed by atoms with Crippen molar-refractivity contribution < 1.29 is 4.79 Å². The molecule has 1 aromatic carbocycles. The molecule has 2 aromatic rings. The van der Waals surface area contributed by atoms with E-state index in [-0.39, 0.29) is 6.03 Å². The van der Waals surface area contributed by atoms with E-state index in [0.29, 0.717) is 27.7 Å². The zero-order chi connectivity index (χ0) is 17.1. The second-order valence-corrected chi connectivity index (χ2v) is 7.72. The lowest BCUT2D eigenvalue weighted by atomic mass is 9.92. The molecule has 0 saturated carbocycles. The topological polar surface area (TPSA) is 70.2 Å². The molecular weight excluding hydrogens is 346 g/mol. The molecule has 2 atom stereocenters. The van der Waals surface area contributed by atoms with Crippen molar-refractivity contribution in [2.24, 2.45) is 11.8 Å². The molecule has 128 valence electrons. The van der Waals surface area contributed by atoms with Gasteiger partial charge in [-0.15, -0.1) is 10.2 Å². The van der Waals surface area contributed by atoms with Crippen LogP contribution in [0.2, 0.25) is 5.02 Å². The minimum atomic E-state index is -0.347. The normalized spacial score (nSPS) is 20.7. The Balaban J connectivity index is 1.59. The van der Waals surface area contributed by atoms with Gasteiger partial charge in [0.25, 0.3) is 0 Å². The Kier molecular flexibility index (Phi) is 5.20. The Labute approximate surface area is 150 Å². The van der Waals surface area contributed by atoms with E-state index in [1.165, 1.54) is 17.8 Å². The summed E-state index contributed by atoms with van der Waals surface area (Å²) in [5, 5.41) is 15.7. The first-order chi connectivity index (χ1) is 11.5. The quantitative estimate of drug-likeness (QED) is 0.849. The fourth-order valence-corrected chi connectivity index (χ4v) is 3.89. The number of anilines is 3. The number of benzene rings is 1. The summed E-state index contributed by atoms with van der Waals surface area (Å²) in [5.41, 5.74) is 0.667. The highest BCUT2D eigenvalue weighted by molar-refractivity contribution is 7.19. The Bertz CT molecular complexity index is 695. The van der Waals surface area contributed by atoms with Gasteiger partial charge in [0.15, 0.2) is 0 Å². The van der Waals surface area contributed by atoms with E-state index in [1.54, 1.807) is 24.3 Å². The number of carbonyl (C=O) groups is 1. The number of piperidine rings is 1. The van der Waals surface area contributed by atoms with Crippen LogP contribution in [-0.4, -0.2) is 29.3 Å². The number of urea groups is 1. The predicted molar refractivity (Wildman–Crippen MR) is 99.2 cm³/mol. The van der Waals surface area contributed by atoms with Crippen molar-refractivity contribution in [1.29, 1.82) is 0 Å². The summed E-state index contributed by atoms with van der Waals surface area (Å²) in [6.07, 6.45) is 1.24. The van der Waals surface area contributed by atoms with Gasteiger partial charge in [0, 0.05) is 23.8 Å². The van der Waals surface area contributed by atoms with Gasteiger partial charge in [0.1, 0.15) is 0 Å². The molecule has 0 bridgehead atoms. The predicted octanol–water partition coefficient (Wildman–Crippen LogP) is 4.32. The molecule has 1 saturated heterocycles. The summed E-state index contributed by atoms with van der Waals surface area (Å²) in [6, 6.07) is 6.58. The third kappa shape index (κ3) is 4.36. The van der Waals surface area contributed by atoms with Crippen LogP contribution in [0.4, 0.5) is 20.7 Å². The molecule has 6 nitrogen and oxygen atoms in total. The maximum absolute atomic E-state index is 12.0. The van der Waals surface area contributed by atoms with Crippen LogP contribution in [0.5, 0.6) is 0 Å². The zero-order valence-electron chi connectivity index (χ0n) is 13.6. The second-order valence-electron chi connectivity index (χ2n) is 6.33. The van der Waals surface area contributed by atoms with Gasteiger partial charge in [0.2, 0.25) is 10.3 Å². The lowest BCUT2D eigenvalue weighted by Gasteiger charge is -2.34. The van der Waals surface area contributed by atoms with E-state index in [9.17, 15) is 4.79 Å². The van der Waals surface area contributed by atoms with Crippen LogP contribution in [0.15, 0.2) is 24.3 Å². The third-order valence-corrected chi connectivity index (χ3v) is 5.03. The number of halogens is 1. The Hall–Kier alpha value is -1.86. The maximum Gasteiger partial charge on any atom is 0.325 e. The van der Waals surface area contributed by atoms with Crippen LogP contribution in [0.25, 0.3) is 0 Å². The van der Waals surface area contributed by atoms with E-state index in [2.05, 4.69) is 39.6 Å². The summed E-state index contributed by atoms with van der Waals surface area (Å²) < 4.78 is 0. The summed E-state index contributed by atoms with van der Waals surface area (Å²) in [6.45, 7) is 6.47. The smallest absolute Gasteiger partial charge is 0.325 e. The molecule has 24 heavy (non-hydrogen) atoms. The van der Waals surface area contributed by atoms with Gasteiger partial charge in [0.05, 0.1) is 0 Å². The molecule has 1 aliphatic rings.